The standard InChI is InChI=1S/C17H27O2/c1-16(18)12-8-5-3-2-4-6-11-15-19-17-13-9-7-10-14-17/h7,9-10,13-14,16,18H,1-6,8,11-12,15H2. The zero-order valence-electron chi connectivity index (χ0n) is 11.9. The second-order valence-electron chi connectivity index (χ2n) is 5.08. The summed E-state index contributed by atoms with van der Waals surface area (Å²) in [4.78, 5) is 0. The van der Waals surface area contributed by atoms with Crippen molar-refractivity contribution >= 4 is 0 Å². The maximum absolute atomic E-state index is 9.02. The monoisotopic (exact) mass is 263 g/mol. The van der Waals surface area contributed by atoms with Crippen molar-refractivity contribution in [2.75, 3.05) is 6.61 Å². The zero-order chi connectivity index (χ0) is 13.8. The van der Waals surface area contributed by atoms with E-state index < -0.39 is 0 Å². The van der Waals surface area contributed by atoms with Crippen LogP contribution in [0.25, 0.3) is 0 Å². The van der Waals surface area contributed by atoms with Crippen molar-refractivity contribution in [2.24, 2.45) is 0 Å². The molecule has 1 rings (SSSR count). The molecule has 0 spiro atoms. The second-order valence-corrected chi connectivity index (χ2v) is 5.08. The first-order valence-corrected chi connectivity index (χ1v) is 7.48. The summed E-state index contributed by atoms with van der Waals surface area (Å²) >= 11 is 0. The maximum atomic E-state index is 9.02. The normalized spacial score (nSPS) is 12.3. The first kappa shape index (κ1) is 16.0. The van der Waals surface area contributed by atoms with Crippen LogP contribution in [-0.4, -0.2) is 17.8 Å². The molecule has 0 heterocycles. The van der Waals surface area contributed by atoms with Crippen LogP contribution in [-0.2, 0) is 0 Å². The first-order chi connectivity index (χ1) is 9.29. The average molecular weight is 263 g/mol. The minimum absolute atomic E-state index is 0.380. The van der Waals surface area contributed by atoms with Crippen LogP contribution >= 0.6 is 0 Å². The number of hydrogen-bond acceptors (Lipinski definition) is 2. The molecule has 0 aliphatic rings. The third-order valence-corrected chi connectivity index (χ3v) is 3.19. The number of ether oxygens (including phenoxy) is 1. The lowest BCUT2D eigenvalue weighted by Crippen LogP contribution is -1.99. The zero-order valence-corrected chi connectivity index (χ0v) is 11.9. The Balaban J connectivity index is 1.81. The molecule has 1 N–H and O–H groups in total. The van der Waals surface area contributed by atoms with Gasteiger partial charge in [-0.15, -0.1) is 0 Å². The second kappa shape index (κ2) is 10.9. The number of rotatable bonds is 11. The Morgan fingerprint density at radius 3 is 2.11 bits per heavy atom. The fourth-order valence-corrected chi connectivity index (χ4v) is 2.07. The summed E-state index contributed by atoms with van der Waals surface area (Å²) in [5, 5.41) is 9.02. The minimum Gasteiger partial charge on any atom is -0.494 e. The molecule has 0 saturated heterocycles. The summed E-state index contributed by atoms with van der Waals surface area (Å²) in [6.07, 6.45) is 8.99. The van der Waals surface area contributed by atoms with E-state index in [-0.39, 0.29) is 6.10 Å². The van der Waals surface area contributed by atoms with Crippen molar-refractivity contribution in [1.29, 1.82) is 0 Å². The lowest BCUT2D eigenvalue weighted by molar-refractivity contribution is 0.205. The summed E-state index contributed by atoms with van der Waals surface area (Å²) in [6, 6.07) is 9.99. The van der Waals surface area contributed by atoms with E-state index in [1.54, 1.807) is 0 Å². The van der Waals surface area contributed by atoms with Gasteiger partial charge in [0.1, 0.15) is 5.75 Å². The number of aliphatic hydroxyl groups is 1. The minimum atomic E-state index is -0.380. The van der Waals surface area contributed by atoms with E-state index in [9.17, 15) is 0 Å². The van der Waals surface area contributed by atoms with Gasteiger partial charge < -0.3 is 9.84 Å². The highest BCUT2D eigenvalue weighted by atomic mass is 16.5. The highest BCUT2D eigenvalue weighted by Crippen LogP contribution is 2.11. The third-order valence-electron chi connectivity index (χ3n) is 3.19. The van der Waals surface area contributed by atoms with Gasteiger partial charge in [-0.3, -0.25) is 0 Å². The van der Waals surface area contributed by atoms with Gasteiger partial charge in [-0.1, -0.05) is 56.7 Å². The van der Waals surface area contributed by atoms with Crippen LogP contribution < -0.4 is 4.74 Å². The molecule has 0 aromatic heterocycles. The van der Waals surface area contributed by atoms with Crippen LogP contribution in [0.4, 0.5) is 0 Å². The van der Waals surface area contributed by atoms with E-state index in [0.717, 1.165) is 31.6 Å². The predicted molar refractivity (Wildman–Crippen MR) is 80.2 cm³/mol. The Kier molecular flexibility index (Phi) is 9.17. The van der Waals surface area contributed by atoms with Crippen molar-refractivity contribution < 1.29 is 9.84 Å². The molecule has 107 valence electrons. The Labute approximate surface area is 117 Å². The molecule has 2 nitrogen and oxygen atoms in total. The number of benzene rings is 1. The topological polar surface area (TPSA) is 29.5 Å². The van der Waals surface area contributed by atoms with Gasteiger partial charge in [0.2, 0.25) is 0 Å². The first-order valence-electron chi connectivity index (χ1n) is 7.48. The summed E-state index contributed by atoms with van der Waals surface area (Å²) < 4.78 is 5.64. The molecule has 1 unspecified atom stereocenters. The van der Waals surface area contributed by atoms with Crippen molar-refractivity contribution in [3.05, 3.63) is 37.3 Å². The van der Waals surface area contributed by atoms with Crippen LogP contribution in [0.5, 0.6) is 5.75 Å². The van der Waals surface area contributed by atoms with Gasteiger partial charge in [-0.2, -0.15) is 0 Å². The Morgan fingerprint density at radius 2 is 1.47 bits per heavy atom. The Bertz CT molecular complexity index is 295. The molecule has 1 aromatic carbocycles. The van der Waals surface area contributed by atoms with E-state index in [2.05, 4.69) is 6.92 Å². The van der Waals surface area contributed by atoms with E-state index in [1.807, 2.05) is 30.3 Å². The molecule has 1 atom stereocenters. The van der Waals surface area contributed by atoms with Gasteiger partial charge >= 0.3 is 0 Å². The number of hydrogen-bond donors (Lipinski definition) is 1. The molecule has 0 aliphatic carbocycles. The molecule has 2 heteroatoms. The largest absolute Gasteiger partial charge is 0.494 e. The Hall–Kier alpha value is -1.02. The van der Waals surface area contributed by atoms with Crippen LogP contribution in [0, 0.1) is 6.92 Å². The van der Waals surface area contributed by atoms with Crippen LogP contribution in [0.2, 0.25) is 0 Å². The van der Waals surface area contributed by atoms with Crippen molar-refractivity contribution in [1.82, 2.24) is 0 Å². The molecule has 0 saturated carbocycles. The number of para-hydroxylation sites is 1. The fraction of sp³-hybridized carbons (Fsp3) is 0.588. The summed E-state index contributed by atoms with van der Waals surface area (Å²) in [6.45, 7) is 4.39. The van der Waals surface area contributed by atoms with Gasteiger partial charge in [-0.05, 0) is 31.9 Å². The van der Waals surface area contributed by atoms with Crippen molar-refractivity contribution in [2.45, 2.75) is 57.5 Å². The summed E-state index contributed by atoms with van der Waals surface area (Å²) in [5.74, 6) is 0.967. The molecular formula is C17H27O2. The maximum Gasteiger partial charge on any atom is 0.119 e. The van der Waals surface area contributed by atoms with E-state index in [4.69, 9.17) is 9.84 Å². The van der Waals surface area contributed by atoms with Crippen LogP contribution in [0.3, 0.4) is 0 Å². The summed E-state index contributed by atoms with van der Waals surface area (Å²) in [5.41, 5.74) is 0. The van der Waals surface area contributed by atoms with Crippen LogP contribution in [0.15, 0.2) is 30.3 Å². The molecule has 1 aromatic rings. The van der Waals surface area contributed by atoms with Crippen molar-refractivity contribution in [3.63, 3.8) is 0 Å². The van der Waals surface area contributed by atoms with Gasteiger partial charge in [0.15, 0.2) is 0 Å². The number of unbranched alkanes of at least 4 members (excludes halogenated alkanes) is 6. The van der Waals surface area contributed by atoms with E-state index >= 15 is 0 Å². The number of aliphatic hydroxyl groups excluding tert-OH is 1. The quantitative estimate of drug-likeness (QED) is 0.600. The molecule has 0 bridgehead atoms. The summed E-state index contributed by atoms with van der Waals surface area (Å²) in [7, 11) is 0. The Morgan fingerprint density at radius 1 is 0.895 bits per heavy atom. The fourth-order valence-electron chi connectivity index (χ4n) is 2.07. The smallest absolute Gasteiger partial charge is 0.119 e. The molecular weight excluding hydrogens is 236 g/mol. The highest BCUT2D eigenvalue weighted by Gasteiger charge is 1.96. The molecule has 1 radical (unpaired) electrons. The molecule has 0 amide bonds. The van der Waals surface area contributed by atoms with Crippen LogP contribution in [0.1, 0.15) is 51.4 Å². The van der Waals surface area contributed by atoms with Gasteiger partial charge in [-0.25, -0.2) is 0 Å². The highest BCUT2D eigenvalue weighted by molar-refractivity contribution is 5.20. The van der Waals surface area contributed by atoms with Crippen molar-refractivity contribution in [3.8, 4) is 5.75 Å². The lowest BCUT2D eigenvalue weighted by atomic mass is 10.1. The van der Waals surface area contributed by atoms with Gasteiger partial charge in [0.25, 0.3) is 0 Å². The van der Waals surface area contributed by atoms with Gasteiger partial charge in [0.05, 0.1) is 12.7 Å². The average Bonchev–Trinajstić information content (AvgIpc) is 2.42. The third kappa shape index (κ3) is 9.54. The SMILES string of the molecule is [CH2]C(O)CCCCCCCCCOc1ccccc1. The molecule has 0 aliphatic heterocycles. The van der Waals surface area contributed by atoms with E-state index in [0.29, 0.717) is 0 Å². The molecule has 0 fully saturated rings. The van der Waals surface area contributed by atoms with Gasteiger partial charge in [0, 0.05) is 0 Å². The lowest BCUT2D eigenvalue weighted by Gasteiger charge is -2.06. The van der Waals surface area contributed by atoms with E-state index in [1.165, 1.54) is 32.1 Å². The predicted octanol–water partition coefficient (Wildman–Crippen LogP) is 4.38. The molecule has 19 heavy (non-hydrogen) atoms.